The van der Waals surface area contributed by atoms with Gasteiger partial charge in [0.25, 0.3) is 0 Å². The Balaban J connectivity index is 1.96. The highest BCUT2D eigenvalue weighted by Crippen LogP contribution is 2.15. The normalized spacial score (nSPS) is 10.8. The zero-order chi connectivity index (χ0) is 15.8. The molecule has 0 fully saturated rings. The fourth-order valence-corrected chi connectivity index (χ4v) is 1.82. The van der Waals surface area contributed by atoms with Crippen LogP contribution < -0.4 is 4.74 Å². The van der Waals surface area contributed by atoms with Gasteiger partial charge in [0, 0.05) is 6.21 Å². The van der Waals surface area contributed by atoms with Gasteiger partial charge in [-0.05, 0) is 60.5 Å². The van der Waals surface area contributed by atoms with Crippen LogP contribution in [-0.4, -0.2) is 23.9 Å². The number of ether oxygens (including phenoxy) is 1. The van der Waals surface area contributed by atoms with Crippen LogP contribution in [0.1, 0.15) is 35.7 Å². The average Bonchev–Trinajstić information content (AvgIpc) is 2.55. The summed E-state index contributed by atoms with van der Waals surface area (Å²) in [7, 11) is 0. The molecule has 4 nitrogen and oxygen atoms in total. The second kappa shape index (κ2) is 7.98. The summed E-state index contributed by atoms with van der Waals surface area (Å²) in [4.78, 5) is 15.1. The van der Waals surface area contributed by atoms with Crippen LogP contribution in [0.3, 0.4) is 0 Å². The molecule has 0 saturated carbocycles. The lowest BCUT2D eigenvalue weighted by Crippen LogP contribution is -1.96. The summed E-state index contributed by atoms with van der Waals surface area (Å²) in [6, 6.07) is 14.2. The first-order chi connectivity index (χ1) is 10.7. The second-order valence-corrected chi connectivity index (χ2v) is 4.88. The quantitative estimate of drug-likeness (QED) is 0.612. The Hall–Kier alpha value is -2.62. The Morgan fingerprint density at radius 1 is 1.14 bits per heavy atom. The minimum Gasteiger partial charge on any atom is -0.494 e. The standard InChI is InChI=1S/C18H19NO3/c1-2-3-12-22-17-10-4-14(5-11-17)13-19-16-8-6-15(7-9-16)18(20)21/h4-11,13H,2-3,12H2,1H3,(H,20,21)/b19-13+. The van der Waals surface area contributed by atoms with E-state index in [0.29, 0.717) is 5.69 Å². The summed E-state index contributed by atoms with van der Waals surface area (Å²) in [5.74, 6) is -0.0781. The molecule has 0 radical (unpaired) electrons. The van der Waals surface area contributed by atoms with E-state index in [0.717, 1.165) is 30.8 Å². The summed E-state index contributed by atoms with van der Waals surface area (Å²) < 4.78 is 5.60. The molecule has 0 aliphatic carbocycles. The number of aromatic carboxylic acids is 1. The number of aliphatic imine (C=N–C) groups is 1. The van der Waals surface area contributed by atoms with Crippen molar-refractivity contribution in [3.8, 4) is 5.75 Å². The molecule has 0 heterocycles. The highest BCUT2D eigenvalue weighted by Gasteiger charge is 2.00. The Morgan fingerprint density at radius 2 is 1.82 bits per heavy atom. The fraction of sp³-hybridized carbons (Fsp3) is 0.222. The minimum absolute atomic E-state index is 0.257. The van der Waals surface area contributed by atoms with E-state index in [1.54, 1.807) is 30.5 Å². The number of hydrogen-bond acceptors (Lipinski definition) is 3. The lowest BCUT2D eigenvalue weighted by Gasteiger charge is -2.04. The summed E-state index contributed by atoms with van der Waals surface area (Å²) in [6.45, 7) is 2.87. The van der Waals surface area contributed by atoms with Gasteiger partial charge < -0.3 is 9.84 Å². The van der Waals surface area contributed by atoms with Gasteiger partial charge >= 0.3 is 5.97 Å². The Bertz CT molecular complexity index is 630. The van der Waals surface area contributed by atoms with Crippen LogP contribution >= 0.6 is 0 Å². The van der Waals surface area contributed by atoms with Crippen LogP contribution in [0, 0.1) is 0 Å². The van der Waals surface area contributed by atoms with E-state index in [-0.39, 0.29) is 5.56 Å². The van der Waals surface area contributed by atoms with E-state index in [1.807, 2.05) is 24.3 Å². The third-order valence-corrected chi connectivity index (χ3v) is 3.12. The molecule has 0 saturated heterocycles. The first kappa shape index (κ1) is 15.8. The van der Waals surface area contributed by atoms with Crippen molar-refractivity contribution < 1.29 is 14.6 Å². The predicted molar refractivity (Wildman–Crippen MR) is 87.5 cm³/mol. The van der Waals surface area contributed by atoms with Crippen LogP contribution in [0.15, 0.2) is 53.5 Å². The number of carbonyl (C=O) groups is 1. The summed E-state index contributed by atoms with van der Waals surface area (Å²) >= 11 is 0. The number of rotatable bonds is 7. The number of benzene rings is 2. The highest BCUT2D eigenvalue weighted by atomic mass is 16.5. The molecule has 0 bridgehead atoms. The van der Waals surface area contributed by atoms with Crippen molar-refractivity contribution in [1.82, 2.24) is 0 Å². The first-order valence-electron chi connectivity index (χ1n) is 7.29. The number of carboxylic acid groups (broad SMARTS) is 1. The average molecular weight is 297 g/mol. The number of nitrogens with zero attached hydrogens (tertiary/aromatic N) is 1. The Labute approximate surface area is 130 Å². The van der Waals surface area contributed by atoms with E-state index in [2.05, 4.69) is 11.9 Å². The number of unbranched alkanes of at least 4 members (excludes halogenated alkanes) is 1. The minimum atomic E-state index is -0.936. The third kappa shape index (κ3) is 4.74. The summed E-state index contributed by atoms with van der Waals surface area (Å²) in [6.07, 6.45) is 3.91. The predicted octanol–water partition coefficient (Wildman–Crippen LogP) is 4.31. The number of carboxylic acids is 1. The molecule has 0 spiro atoms. The molecule has 1 N–H and O–H groups in total. The molecular weight excluding hydrogens is 278 g/mol. The van der Waals surface area contributed by atoms with Gasteiger partial charge in [-0.15, -0.1) is 0 Å². The van der Waals surface area contributed by atoms with Crippen molar-refractivity contribution in [2.24, 2.45) is 4.99 Å². The molecule has 0 aliphatic rings. The molecule has 2 aromatic rings. The second-order valence-electron chi connectivity index (χ2n) is 4.88. The van der Waals surface area contributed by atoms with Crippen LogP contribution in [-0.2, 0) is 0 Å². The molecular formula is C18H19NO3. The molecule has 0 aromatic heterocycles. The monoisotopic (exact) mass is 297 g/mol. The van der Waals surface area contributed by atoms with E-state index in [4.69, 9.17) is 9.84 Å². The highest BCUT2D eigenvalue weighted by molar-refractivity contribution is 5.88. The van der Waals surface area contributed by atoms with E-state index >= 15 is 0 Å². The molecule has 0 aliphatic heterocycles. The summed E-state index contributed by atoms with van der Waals surface area (Å²) in [5.41, 5.74) is 1.94. The topological polar surface area (TPSA) is 58.9 Å². The van der Waals surface area contributed by atoms with Gasteiger partial charge in [-0.1, -0.05) is 13.3 Å². The Kier molecular flexibility index (Phi) is 5.72. The van der Waals surface area contributed by atoms with Gasteiger partial charge in [-0.25, -0.2) is 4.79 Å². The maximum Gasteiger partial charge on any atom is 0.335 e. The number of hydrogen-bond donors (Lipinski definition) is 1. The molecule has 4 heteroatoms. The van der Waals surface area contributed by atoms with Crippen molar-refractivity contribution in [3.05, 3.63) is 59.7 Å². The lowest BCUT2D eigenvalue weighted by atomic mass is 10.2. The molecule has 114 valence electrons. The van der Waals surface area contributed by atoms with Gasteiger partial charge in [0.1, 0.15) is 5.75 Å². The molecule has 22 heavy (non-hydrogen) atoms. The zero-order valence-electron chi connectivity index (χ0n) is 12.5. The van der Waals surface area contributed by atoms with Crippen molar-refractivity contribution in [2.45, 2.75) is 19.8 Å². The van der Waals surface area contributed by atoms with Gasteiger partial charge in [-0.3, -0.25) is 4.99 Å². The zero-order valence-corrected chi connectivity index (χ0v) is 12.5. The SMILES string of the molecule is CCCCOc1ccc(/C=N/c2ccc(C(=O)O)cc2)cc1. The van der Waals surface area contributed by atoms with Crippen molar-refractivity contribution in [2.75, 3.05) is 6.61 Å². The maximum absolute atomic E-state index is 10.8. The largest absolute Gasteiger partial charge is 0.494 e. The van der Waals surface area contributed by atoms with E-state index in [9.17, 15) is 4.79 Å². The van der Waals surface area contributed by atoms with Gasteiger partial charge in [0.2, 0.25) is 0 Å². The van der Waals surface area contributed by atoms with E-state index < -0.39 is 5.97 Å². The first-order valence-corrected chi connectivity index (χ1v) is 7.29. The third-order valence-electron chi connectivity index (χ3n) is 3.12. The van der Waals surface area contributed by atoms with Gasteiger partial charge in [-0.2, -0.15) is 0 Å². The smallest absolute Gasteiger partial charge is 0.335 e. The molecule has 2 aromatic carbocycles. The van der Waals surface area contributed by atoms with Gasteiger partial charge in [0.05, 0.1) is 17.9 Å². The van der Waals surface area contributed by atoms with Gasteiger partial charge in [0.15, 0.2) is 0 Å². The maximum atomic E-state index is 10.8. The molecule has 2 rings (SSSR count). The van der Waals surface area contributed by atoms with Crippen molar-refractivity contribution in [1.29, 1.82) is 0 Å². The van der Waals surface area contributed by atoms with Crippen LogP contribution in [0.4, 0.5) is 5.69 Å². The van der Waals surface area contributed by atoms with E-state index in [1.165, 1.54) is 0 Å². The summed E-state index contributed by atoms with van der Waals surface area (Å²) in [5, 5.41) is 8.84. The van der Waals surface area contributed by atoms with Crippen molar-refractivity contribution >= 4 is 17.9 Å². The van der Waals surface area contributed by atoms with Crippen LogP contribution in [0.2, 0.25) is 0 Å². The molecule has 0 amide bonds. The van der Waals surface area contributed by atoms with Crippen LogP contribution in [0.25, 0.3) is 0 Å². The lowest BCUT2D eigenvalue weighted by molar-refractivity contribution is 0.0697. The van der Waals surface area contributed by atoms with Crippen LogP contribution in [0.5, 0.6) is 5.75 Å². The fourth-order valence-electron chi connectivity index (χ4n) is 1.82. The molecule has 0 atom stereocenters. The Morgan fingerprint density at radius 3 is 2.41 bits per heavy atom. The molecule has 0 unspecified atom stereocenters. The van der Waals surface area contributed by atoms with Crippen molar-refractivity contribution in [3.63, 3.8) is 0 Å².